The summed E-state index contributed by atoms with van der Waals surface area (Å²) >= 11 is 1.83. The number of hydrogen-bond donors (Lipinski definition) is 1. The molecule has 1 aliphatic rings. The minimum absolute atomic E-state index is 0.450. The Hall–Kier alpha value is -0.960. The quantitative estimate of drug-likeness (QED) is 0.771. The van der Waals surface area contributed by atoms with Crippen molar-refractivity contribution < 1.29 is 9.90 Å². The van der Waals surface area contributed by atoms with E-state index in [0.29, 0.717) is 5.56 Å². The molecule has 1 N–H and O–H groups in total. The van der Waals surface area contributed by atoms with Gasteiger partial charge in [0, 0.05) is 4.90 Å². The maximum Gasteiger partial charge on any atom is 0.335 e. The zero-order valence-corrected chi connectivity index (χ0v) is 8.86. The normalized spacial score (nSPS) is 14.9. The molecule has 0 unspecified atom stereocenters. The highest BCUT2D eigenvalue weighted by atomic mass is 32.2. The van der Waals surface area contributed by atoms with Crippen LogP contribution in [0.3, 0.4) is 0 Å². The minimum atomic E-state index is -0.819. The van der Waals surface area contributed by atoms with Gasteiger partial charge < -0.3 is 5.11 Å². The molecule has 0 atom stereocenters. The largest absolute Gasteiger partial charge is 0.478 e. The van der Waals surface area contributed by atoms with E-state index in [1.807, 2.05) is 24.8 Å². The smallest absolute Gasteiger partial charge is 0.335 e. The van der Waals surface area contributed by atoms with Crippen LogP contribution in [0.15, 0.2) is 17.0 Å². The van der Waals surface area contributed by atoms with Crippen molar-refractivity contribution >= 4 is 17.7 Å². The van der Waals surface area contributed by atoms with Crippen molar-refractivity contribution in [1.29, 1.82) is 0 Å². The molecule has 0 bridgehead atoms. The van der Waals surface area contributed by atoms with Crippen LogP contribution in [-0.4, -0.2) is 16.8 Å². The Balaban J connectivity index is 2.54. The molecular formula is C11H12O2S. The number of thioether (sulfide) groups is 1. The number of benzene rings is 1. The number of carboxylic acid groups (broad SMARTS) is 1. The molecule has 2 rings (SSSR count). The lowest BCUT2D eigenvalue weighted by molar-refractivity contribution is 0.0696. The number of aromatic carboxylic acids is 1. The van der Waals surface area contributed by atoms with Crippen molar-refractivity contribution in [2.45, 2.75) is 24.7 Å². The molecule has 1 heterocycles. The maximum absolute atomic E-state index is 10.9. The van der Waals surface area contributed by atoms with Gasteiger partial charge in [-0.2, -0.15) is 0 Å². The first-order valence-electron chi connectivity index (χ1n) is 4.68. The molecule has 0 amide bonds. The molecular weight excluding hydrogens is 196 g/mol. The minimum Gasteiger partial charge on any atom is -0.478 e. The standard InChI is InChI=1S/C11H12O2S/c1-7-8-3-2-6-14-10(8)5-4-9(7)11(12)13/h4-5H,2-3,6H2,1H3,(H,12,13). The Morgan fingerprint density at radius 3 is 3.00 bits per heavy atom. The fourth-order valence-electron chi connectivity index (χ4n) is 1.84. The van der Waals surface area contributed by atoms with Gasteiger partial charge in [-0.15, -0.1) is 11.8 Å². The number of carboxylic acids is 1. The summed E-state index contributed by atoms with van der Waals surface area (Å²) in [6, 6.07) is 3.66. The third kappa shape index (κ3) is 1.52. The number of hydrogen-bond acceptors (Lipinski definition) is 2. The van der Waals surface area contributed by atoms with Crippen LogP contribution < -0.4 is 0 Å². The van der Waals surface area contributed by atoms with Crippen LogP contribution in [0.25, 0.3) is 0 Å². The van der Waals surface area contributed by atoms with E-state index in [9.17, 15) is 4.79 Å². The fraction of sp³-hybridized carbons (Fsp3) is 0.364. The highest BCUT2D eigenvalue weighted by Crippen LogP contribution is 2.33. The van der Waals surface area contributed by atoms with Gasteiger partial charge in [0.15, 0.2) is 0 Å². The molecule has 1 aromatic rings. The summed E-state index contributed by atoms with van der Waals surface area (Å²) in [5.41, 5.74) is 2.63. The Morgan fingerprint density at radius 2 is 2.29 bits per heavy atom. The summed E-state index contributed by atoms with van der Waals surface area (Å²) in [4.78, 5) is 12.2. The molecule has 14 heavy (non-hydrogen) atoms. The van der Waals surface area contributed by atoms with Crippen molar-refractivity contribution in [3.63, 3.8) is 0 Å². The Labute approximate surface area is 87.3 Å². The van der Waals surface area contributed by atoms with E-state index in [0.717, 1.165) is 24.2 Å². The third-order valence-corrected chi connectivity index (χ3v) is 3.80. The molecule has 1 aliphatic heterocycles. The zero-order valence-electron chi connectivity index (χ0n) is 8.04. The first-order valence-corrected chi connectivity index (χ1v) is 5.67. The van der Waals surface area contributed by atoms with Gasteiger partial charge in [0.2, 0.25) is 0 Å². The van der Waals surface area contributed by atoms with Crippen LogP contribution in [0, 0.1) is 6.92 Å². The van der Waals surface area contributed by atoms with Gasteiger partial charge in [-0.1, -0.05) is 0 Å². The van der Waals surface area contributed by atoms with E-state index < -0.39 is 5.97 Å². The molecule has 0 saturated carbocycles. The Bertz CT molecular complexity index is 385. The van der Waals surface area contributed by atoms with E-state index in [2.05, 4.69) is 0 Å². The molecule has 0 saturated heterocycles. The summed E-state index contributed by atoms with van der Waals surface area (Å²) in [7, 11) is 0. The van der Waals surface area contributed by atoms with Crippen molar-refractivity contribution in [3.8, 4) is 0 Å². The first-order chi connectivity index (χ1) is 6.70. The third-order valence-electron chi connectivity index (χ3n) is 2.61. The molecule has 0 radical (unpaired) electrons. The van der Waals surface area contributed by atoms with E-state index in [4.69, 9.17) is 5.11 Å². The average Bonchev–Trinajstić information content (AvgIpc) is 2.18. The predicted octanol–water partition coefficient (Wildman–Crippen LogP) is 2.73. The van der Waals surface area contributed by atoms with Gasteiger partial charge in [0.05, 0.1) is 5.56 Å². The summed E-state index contributed by atoms with van der Waals surface area (Å²) in [5.74, 6) is 0.333. The van der Waals surface area contributed by atoms with Crippen LogP contribution >= 0.6 is 11.8 Å². The van der Waals surface area contributed by atoms with Gasteiger partial charge in [-0.25, -0.2) is 4.79 Å². The first kappa shape index (κ1) is 9.59. The summed E-state index contributed by atoms with van der Waals surface area (Å²) < 4.78 is 0. The van der Waals surface area contributed by atoms with Crippen molar-refractivity contribution in [2.75, 3.05) is 5.75 Å². The highest BCUT2D eigenvalue weighted by Gasteiger charge is 2.16. The van der Waals surface area contributed by atoms with Crippen LogP contribution in [0.1, 0.15) is 27.9 Å². The summed E-state index contributed by atoms with van der Waals surface area (Å²) in [6.45, 7) is 1.91. The molecule has 0 spiro atoms. The molecule has 2 nitrogen and oxygen atoms in total. The van der Waals surface area contributed by atoms with E-state index in [1.54, 1.807) is 6.07 Å². The maximum atomic E-state index is 10.9. The fourth-order valence-corrected chi connectivity index (χ4v) is 2.94. The Morgan fingerprint density at radius 1 is 1.50 bits per heavy atom. The zero-order chi connectivity index (χ0) is 10.1. The van der Waals surface area contributed by atoms with Gasteiger partial charge in [-0.3, -0.25) is 0 Å². The van der Waals surface area contributed by atoms with E-state index >= 15 is 0 Å². The number of rotatable bonds is 1. The summed E-state index contributed by atoms with van der Waals surface area (Å²) in [6.07, 6.45) is 2.18. The number of fused-ring (bicyclic) bond motifs is 1. The topological polar surface area (TPSA) is 37.3 Å². The SMILES string of the molecule is Cc1c(C(=O)O)ccc2c1CCCS2. The predicted molar refractivity (Wildman–Crippen MR) is 57.2 cm³/mol. The molecule has 74 valence electrons. The molecule has 0 fully saturated rings. The highest BCUT2D eigenvalue weighted by molar-refractivity contribution is 7.99. The average molecular weight is 208 g/mol. The van der Waals surface area contributed by atoms with Gasteiger partial charge in [0.1, 0.15) is 0 Å². The second-order valence-corrected chi connectivity index (χ2v) is 4.61. The van der Waals surface area contributed by atoms with Crippen LogP contribution in [0.5, 0.6) is 0 Å². The number of carbonyl (C=O) groups is 1. The second-order valence-electron chi connectivity index (χ2n) is 3.47. The van der Waals surface area contributed by atoms with Crippen LogP contribution in [-0.2, 0) is 6.42 Å². The van der Waals surface area contributed by atoms with Gasteiger partial charge >= 0.3 is 5.97 Å². The van der Waals surface area contributed by atoms with Crippen LogP contribution in [0.4, 0.5) is 0 Å². The molecule has 0 aliphatic carbocycles. The van der Waals surface area contributed by atoms with E-state index in [-0.39, 0.29) is 0 Å². The summed E-state index contributed by atoms with van der Waals surface area (Å²) in [5, 5.41) is 8.96. The van der Waals surface area contributed by atoms with Crippen molar-refractivity contribution in [1.82, 2.24) is 0 Å². The molecule has 1 aromatic carbocycles. The van der Waals surface area contributed by atoms with E-state index in [1.165, 1.54) is 10.5 Å². The van der Waals surface area contributed by atoms with Gasteiger partial charge in [-0.05, 0) is 48.8 Å². The lowest BCUT2D eigenvalue weighted by Crippen LogP contribution is -2.07. The lowest BCUT2D eigenvalue weighted by Gasteiger charge is -2.18. The second kappa shape index (κ2) is 3.65. The van der Waals surface area contributed by atoms with Crippen molar-refractivity contribution in [2.24, 2.45) is 0 Å². The lowest BCUT2D eigenvalue weighted by atomic mass is 9.99. The van der Waals surface area contributed by atoms with Crippen molar-refractivity contribution in [3.05, 3.63) is 28.8 Å². The molecule has 0 aromatic heterocycles. The van der Waals surface area contributed by atoms with Crippen LogP contribution in [0.2, 0.25) is 0 Å². The molecule has 3 heteroatoms. The van der Waals surface area contributed by atoms with Gasteiger partial charge in [0.25, 0.3) is 0 Å². The Kier molecular flexibility index (Phi) is 2.50. The monoisotopic (exact) mass is 208 g/mol.